The van der Waals surface area contributed by atoms with Crippen LogP contribution in [0.1, 0.15) is 23.7 Å². The SMILES string of the molecule is CC1CCN(C(=O)c2ccc(Cl)cc2Cl)C1C(=O)O. The molecule has 0 aliphatic carbocycles. The van der Waals surface area contributed by atoms with Gasteiger partial charge in [-0.1, -0.05) is 30.1 Å². The van der Waals surface area contributed by atoms with E-state index in [1.54, 1.807) is 6.07 Å². The van der Waals surface area contributed by atoms with Crippen molar-refractivity contribution in [3.05, 3.63) is 33.8 Å². The van der Waals surface area contributed by atoms with Crippen LogP contribution in [0.4, 0.5) is 0 Å². The van der Waals surface area contributed by atoms with Crippen molar-refractivity contribution in [1.29, 1.82) is 0 Å². The zero-order valence-corrected chi connectivity index (χ0v) is 11.8. The summed E-state index contributed by atoms with van der Waals surface area (Å²) >= 11 is 11.8. The molecule has 1 aliphatic rings. The largest absolute Gasteiger partial charge is 0.480 e. The minimum Gasteiger partial charge on any atom is -0.480 e. The molecule has 0 aromatic heterocycles. The number of amides is 1. The molecule has 0 radical (unpaired) electrons. The number of carboxylic acid groups (broad SMARTS) is 1. The van der Waals surface area contributed by atoms with Gasteiger partial charge >= 0.3 is 5.97 Å². The van der Waals surface area contributed by atoms with E-state index in [0.717, 1.165) is 0 Å². The molecular formula is C13H13Cl2NO3. The van der Waals surface area contributed by atoms with Gasteiger partial charge in [0.25, 0.3) is 5.91 Å². The standard InChI is InChI=1S/C13H13Cl2NO3/c1-7-4-5-16(11(7)13(18)19)12(17)9-3-2-8(14)6-10(9)15/h2-3,6-7,11H,4-5H2,1H3,(H,18,19). The lowest BCUT2D eigenvalue weighted by atomic mass is 10.0. The van der Waals surface area contributed by atoms with E-state index in [1.807, 2.05) is 6.92 Å². The van der Waals surface area contributed by atoms with Gasteiger partial charge in [0.2, 0.25) is 0 Å². The van der Waals surface area contributed by atoms with Crippen LogP contribution in [0.15, 0.2) is 18.2 Å². The number of carbonyl (C=O) groups is 2. The van der Waals surface area contributed by atoms with Crippen LogP contribution in [-0.4, -0.2) is 34.5 Å². The molecule has 6 heteroatoms. The normalized spacial score (nSPS) is 22.6. The summed E-state index contributed by atoms with van der Waals surface area (Å²) in [6.07, 6.45) is 0.675. The Bertz CT molecular complexity index is 533. The number of carboxylic acids is 1. The molecule has 1 N–H and O–H groups in total. The van der Waals surface area contributed by atoms with Gasteiger partial charge < -0.3 is 10.0 Å². The summed E-state index contributed by atoms with van der Waals surface area (Å²) in [5, 5.41) is 9.89. The number of halogens is 2. The highest BCUT2D eigenvalue weighted by Crippen LogP contribution is 2.29. The minimum absolute atomic E-state index is 0.0625. The highest BCUT2D eigenvalue weighted by molar-refractivity contribution is 6.36. The third-order valence-electron chi connectivity index (χ3n) is 3.38. The third-order valence-corrected chi connectivity index (χ3v) is 3.92. The molecular weight excluding hydrogens is 289 g/mol. The van der Waals surface area contributed by atoms with E-state index in [2.05, 4.69) is 0 Å². The Morgan fingerprint density at radius 2 is 2.05 bits per heavy atom. The molecule has 1 saturated heterocycles. The third kappa shape index (κ3) is 2.69. The summed E-state index contributed by atoms with van der Waals surface area (Å²) in [5.74, 6) is -1.41. The molecule has 1 fully saturated rings. The Morgan fingerprint density at radius 1 is 1.37 bits per heavy atom. The number of rotatable bonds is 2. The second-order valence-electron chi connectivity index (χ2n) is 4.67. The average Bonchev–Trinajstić information content (AvgIpc) is 2.70. The second-order valence-corrected chi connectivity index (χ2v) is 5.52. The lowest BCUT2D eigenvalue weighted by Crippen LogP contribution is -2.42. The summed E-state index contributed by atoms with van der Waals surface area (Å²) in [6.45, 7) is 2.26. The van der Waals surface area contributed by atoms with Crippen LogP contribution in [0.5, 0.6) is 0 Å². The maximum absolute atomic E-state index is 12.4. The van der Waals surface area contributed by atoms with Gasteiger partial charge in [-0.2, -0.15) is 0 Å². The number of likely N-dealkylation sites (tertiary alicyclic amines) is 1. The fraction of sp³-hybridized carbons (Fsp3) is 0.385. The number of nitrogens with zero attached hydrogens (tertiary/aromatic N) is 1. The molecule has 1 amide bonds. The van der Waals surface area contributed by atoms with E-state index in [9.17, 15) is 14.7 Å². The first kappa shape index (κ1) is 14.2. The van der Waals surface area contributed by atoms with Gasteiger partial charge in [0.1, 0.15) is 6.04 Å². The van der Waals surface area contributed by atoms with Crippen molar-refractivity contribution in [3.63, 3.8) is 0 Å². The highest BCUT2D eigenvalue weighted by Gasteiger charge is 2.40. The van der Waals surface area contributed by atoms with Gasteiger partial charge in [0.15, 0.2) is 0 Å². The van der Waals surface area contributed by atoms with Crippen LogP contribution in [0.2, 0.25) is 10.0 Å². The fourth-order valence-electron chi connectivity index (χ4n) is 2.37. The van der Waals surface area contributed by atoms with Gasteiger partial charge in [-0.3, -0.25) is 4.79 Å². The zero-order valence-electron chi connectivity index (χ0n) is 10.3. The first-order chi connectivity index (χ1) is 8.91. The van der Waals surface area contributed by atoms with Crippen molar-refractivity contribution >= 4 is 35.1 Å². The van der Waals surface area contributed by atoms with Crippen LogP contribution in [0.3, 0.4) is 0 Å². The molecule has 19 heavy (non-hydrogen) atoms. The molecule has 1 aliphatic heterocycles. The van der Waals surface area contributed by atoms with Gasteiger partial charge in [-0.05, 0) is 30.5 Å². The van der Waals surface area contributed by atoms with Crippen molar-refractivity contribution < 1.29 is 14.7 Å². The van der Waals surface area contributed by atoms with Crippen molar-refractivity contribution in [1.82, 2.24) is 4.90 Å². The quantitative estimate of drug-likeness (QED) is 0.914. The molecule has 0 spiro atoms. The molecule has 1 aromatic carbocycles. The van der Waals surface area contributed by atoms with E-state index < -0.39 is 12.0 Å². The van der Waals surface area contributed by atoms with Crippen molar-refractivity contribution in [3.8, 4) is 0 Å². The lowest BCUT2D eigenvalue weighted by Gasteiger charge is -2.23. The Kier molecular flexibility index (Phi) is 4.02. The van der Waals surface area contributed by atoms with Crippen LogP contribution in [-0.2, 0) is 4.79 Å². The minimum atomic E-state index is -0.983. The fourth-order valence-corrected chi connectivity index (χ4v) is 2.86. The van der Waals surface area contributed by atoms with Gasteiger partial charge in [0, 0.05) is 11.6 Å². The molecule has 1 aromatic rings. The molecule has 0 saturated carbocycles. The molecule has 0 bridgehead atoms. The maximum Gasteiger partial charge on any atom is 0.326 e. The number of hydrogen-bond acceptors (Lipinski definition) is 2. The van der Waals surface area contributed by atoms with E-state index >= 15 is 0 Å². The number of carbonyl (C=O) groups excluding carboxylic acids is 1. The smallest absolute Gasteiger partial charge is 0.326 e. The lowest BCUT2D eigenvalue weighted by molar-refractivity contribution is -0.142. The van der Waals surface area contributed by atoms with Crippen molar-refractivity contribution in [2.75, 3.05) is 6.54 Å². The predicted molar refractivity (Wildman–Crippen MR) is 72.7 cm³/mol. The van der Waals surface area contributed by atoms with Crippen LogP contribution < -0.4 is 0 Å². The van der Waals surface area contributed by atoms with Gasteiger partial charge in [-0.25, -0.2) is 4.79 Å². The molecule has 2 rings (SSSR count). The van der Waals surface area contributed by atoms with Crippen LogP contribution >= 0.6 is 23.2 Å². The Hall–Kier alpha value is -1.26. The Labute approximate surface area is 120 Å². The van der Waals surface area contributed by atoms with E-state index in [1.165, 1.54) is 17.0 Å². The topological polar surface area (TPSA) is 57.6 Å². The maximum atomic E-state index is 12.4. The summed E-state index contributed by atoms with van der Waals surface area (Å²) in [5.41, 5.74) is 0.284. The van der Waals surface area contributed by atoms with Crippen LogP contribution in [0.25, 0.3) is 0 Å². The number of aliphatic carboxylic acids is 1. The number of benzene rings is 1. The Morgan fingerprint density at radius 3 is 2.63 bits per heavy atom. The average molecular weight is 302 g/mol. The van der Waals surface area contributed by atoms with Gasteiger partial charge in [0.05, 0.1) is 10.6 Å². The molecule has 1 heterocycles. The molecule has 2 unspecified atom stereocenters. The first-order valence-corrected chi connectivity index (χ1v) is 6.66. The highest BCUT2D eigenvalue weighted by atomic mass is 35.5. The monoisotopic (exact) mass is 301 g/mol. The summed E-state index contributed by atoms with van der Waals surface area (Å²) < 4.78 is 0. The summed E-state index contributed by atoms with van der Waals surface area (Å²) in [7, 11) is 0. The zero-order chi connectivity index (χ0) is 14.2. The predicted octanol–water partition coefficient (Wildman–Crippen LogP) is 2.93. The molecule has 2 atom stereocenters. The molecule has 102 valence electrons. The van der Waals surface area contributed by atoms with Crippen molar-refractivity contribution in [2.24, 2.45) is 5.92 Å². The van der Waals surface area contributed by atoms with Crippen molar-refractivity contribution in [2.45, 2.75) is 19.4 Å². The number of hydrogen-bond donors (Lipinski definition) is 1. The van der Waals surface area contributed by atoms with E-state index in [0.29, 0.717) is 18.0 Å². The summed E-state index contributed by atoms with van der Waals surface area (Å²) in [4.78, 5) is 25.0. The second kappa shape index (κ2) is 5.39. The van der Waals surface area contributed by atoms with E-state index in [-0.39, 0.29) is 22.4 Å². The molecule has 4 nitrogen and oxygen atoms in total. The van der Waals surface area contributed by atoms with Crippen LogP contribution in [0, 0.1) is 5.92 Å². The Balaban J connectivity index is 2.31. The first-order valence-electron chi connectivity index (χ1n) is 5.90. The van der Waals surface area contributed by atoms with E-state index in [4.69, 9.17) is 23.2 Å². The van der Waals surface area contributed by atoms with Gasteiger partial charge in [-0.15, -0.1) is 0 Å². The summed E-state index contributed by atoms with van der Waals surface area (Å²) in [6, 6.07) is 3.77.